The predicted octanol–water partition coefficient (Wildman–Crippen LogP) is 3.82. The summed E-state index contributed by atoms with van der Waals surface area (Å²) in [4.78, 5) is 21.9. The van der Waals surface area contributed by atoms with Crippen molar-refractivity contribution in [1.82, 2.24) is 30.6 Å². The number of carbonyl (C=O) groups excluding carboxylic acids is 1. The summed E-state index contributed by atoms with van der Waals surface area (Å²) in [5.41, 5.74) is 4.80. The zero-order valence-electron chi connectivity index (χ0n) is 16.5. The number of hydrogen-bond donors (Lipinski definition) is 2. The molecular weight excluding hydrogens is 398 g/mol. The van der Waals surface area contributed by atoms with Crippen LogP contribution in [0.1, 0.15) is 27.3 Å². The van der Waals surface area contributed by atoms with Gasteiger partial charge in [-0.2, -0.15) is 5.21 Å². The zero-order valence-corrected chi connectivity index (χ0v) is 17.3. The van der Waals surface area contributed by atoms with Crippen molar-refractivity contribution >= 4 is 23.4 Å². The summed E-state index contributed by atoms with van der Waals surface area (Å²) in [6.07, 6.45) is 0. The van der Waals surface area contributed by atoms with Gasteiger partial charge >= 0.3 is 0 Å². The average Bonchev–Trinajstić information content (AvgIpc) is 3.27. The van der Waals surface area contributed by atoms with E-state index in [2.05, 4.69) is 35.9 Å². The van der Waals surface area contributed by atoms with Crippen LogP contribution in [-0.4, -0.2) is 36.5 Å². The van der Waals surface area contributed by atoms with E-state index in [1.807, 2.05) is 68.4 Å². The Hall–Kier alpha value is -3.59. The Morgan fingerprint density at radius 1 is 1.03 bits per heavy atom. The number of aryl methyl sites for hydroxylation is 2. The van der Waals surface area contributed by atoms with Crippen LogP contribution in [0.3, 0.4) is 0 Å². The molecule has 0 atom stereocenters. The molecule has 0 fully saturated rings. The van der Waals surface area contributed by atoms with Crippen LogP contribution in [0, 0.1) is 13.8 Å². The van der Waals surface area contributed by atoms with Gasteiger partial charge in [0.25, 0.3) is 5.91 Å². The number of nitrogens with zero attached hydrogens (tertiary/aromatic N) is 5. The van der Waals surface area contributed by atoms with Gasteiger partial charge in [-0.1, -0.05) is 42.1 Å². The Labute approximate surface area is 177 Å². The molecule has 2 heterocycles. The molecule has 0 aliphatic carbocycles. The molecule has 0 saturated heterocycles. The molecule has 9 heteroatoms. The smallest absolute Gasteiger partial charge is 0.255 e. The first-order valence-corrected chi connectivity index (χ1v) is 10.3. The van der Waals surface area contributed by atoms with Crippen LogP contribution in [-0.2, 0) is 5.75 Å². The van der Waals surface area contributed by atoms with Gasteiger partial charge in [0.2, 0.25) is 5.82 Å². The summed E-state index contributed by atoms with van der Waals surface area (Å²) in [7, 11) is 0. The molecule has 2 N–H and O–H groups in total. The van der Waals surface area contributed by atoms with Crippen molar-refractivity contribution in [3.05, 3.63) is 77.1 Å². The van der Waals surface area contributed by atoms with E-state index < -0.39 is 0 Å². The molecule has 150 valence electrons. The van der Waals surface area contributed by atoms with Gasteiger partial charge in [-0.15, -0.1) is 10.2 Å². The second-order valence-corrected chi connectivity index (χ2v) is 7.59. The summed E-state index contributed by atoms with van der Waals surface area (Å²) in [6, 6.07) is 16.8. The largest absolute Gasteiger partial charge is 0.322 e. The van der Waals surface area contributed by atoms with Crippen LogP contribution in [0.25, 0.3) is 11.4 Å². The summed E-state index contributed by atoms with van der Waals surface area (Å²) in [6.45, 7) is 3.89. The highest BCUT2D eigenvalue weighted by Gasteiger charge is 2.13. The number of benzene rings is 2. The maximum atomic E-state index is 13.0. The fourth-order valence-electron chi connectivity index (χ4n) is 2.99. The lowest BCUT2D eigenvalue weighted by Crippen LogP contribution is -2.14. The van der Waals surface area contributed by atoms with Gasteiger partial charge < -0.3 is 5.32 Å². The predicted molar refractivity (Wildman–Crippen MR) is 115 cm³/mol. The standard InChI is InChI=1S/C21H19N7OS/c1-13-10-14(2)23-21(22-13)30-12-16-6-3-4-9-18(16)20(29)24-17-8-5-7-15(11-17)19-25-27-28-26-19/h3-11H,12H2,1-2H3,(H,24,29)(H,25,26,27,28). The van der Waals surface area contributed by atoms with Crippen molar-refractivity contribution in [1.29, 1.82) is 0 Å². The van der Waals surface area contributed by atoms with Gasteiger partial charge in [0.1, 0.15) is 0 Å². The Bertz CT molecular complexity index is 1160. The van der Waals surface area contributed by atoms with Crippen LogP contribution in [0.5, 0.6) is 0 Å². The molecule has 0 aliphatic rings. The summed E-state index contributed by atoms with van der Waals surface area (Å²) in [5, 5.41) is 17.6. The number of thioether (sulfide) groups is 1. The molecule has 4 rings (SSSR count). The van der Waals surface area contributed by atoms with Gasteiger partial charge in [-0.25, -0.2) is 9.97 Å². The number of amides is 1. The van der Waals surface area contributed by atoms with Gasteiger partial charge in [-0.3, -0.25) is 4.79 Å². The van der Waals surface area contributed by atoms with E-state index in [0.717, 1.165) is 22.5 Å². The molecular formula is C21H19N7OS. The van der Waals surface area contributed by atoms with Crippen molar-refractivity contribution in [3.63, 3.8) is 0 Å². The minimum atomic E-state index is -0.183. The van der Waals surface area contributed by atoms with Crippen molar-refractivity contribution < 1.29 is 4.79 Å². The quantitative estimate of drug-likeness (QED) is 0.362. The van der Waals surface area contributed by atoms with E-state index in [-0.39, 0.29) is 5.91 Å². The second-order valence-electron chi connectivity index (χ2n) is 6.65. The lowest BCUT2D eigenvalue weighted by Gasteiger charge is -2.11. The van der Waals surface area contributed by atoms with Gasteiger partial charge in [-0.05, 0) is 48.9 Å². The third-order valence-corrected chi connectivity index (χ3v) is 5.20. The Morgan fingerprint density at radius 2 is 1.83 bits per heavy atom. The van der Waals surface area contributed by atoms with E-state index in [4.69, 9.17) is 0 Å². The maximum absolute atomic E-state index is 13.0. The first-order valence-electron chi connectivity index (χ1n) is 9.27. The Morgan fingerprint density at radius 3 is 2.60 bits per heavy atom. The summed E-state index contributed by atoms with van der Waals surface area (Å²) >= 11 is 1.51. The lowest BCUT2D eigenvalue weighted by molar-refractivity contribution is 0.102. The molecule has 0 saturated carbocycles. The van der Waals surface area contributed by atoms with E-state index in [0.29, 0.717) is 28.0 Å². The number of tetrazole rings is 1. The second kappa shape index (κ2) is 8.83. The third-order valence-electron chi connectivity index (χ3n) is 4.30. The number of anilines is 1. The van der Waals surface area contributed by atoms with Gasteiger partial charge in [0.05, 0.1) is 0 Å². The van der Waals surface area contributed by atoms with Crippen molar-refractivity contribution in [3.8, 4) is 11.4 Å². The fourth-order valence-corrected chi connectivity index (χ4v) is 3.94. The van der Waals surface area contributed by atoms with Crippen LogP contribution < -0.4 is 5.32 Å². The normalized spacial score (nSPS) is 10.7. The summed E-state index contributed by atoms with van der Waals surface area (Å²) < 4.78 is 0. The number of carbonyl (C=O) groups is 1. The highest BCUT2D eigenvalue weighted by Crippen LogP contribution is 2.24. The molecule has 2 aromatic carbocycles. The van der Waals surface area contributed by atoms with Crippen LogP contribution in [0.2, 0.25) is 0 Å². The number of aromatic nitrogens is 6. The number of nitrogens with one attached hydrogen (secondary N) is 2. The minimum Gasteiger partial charge on any atom is -0.322 e. The maximum Gasteiger partial charge on any atom is 0.255 e. The Kier molecular flexibility index (Phi) is 5.80. The van der Waals surface area contributed by atoms with Crippen molar-refractivity contribution in [2.75, 3.05) is 5.32 Å². The van der Waals surface area contributed by atoms with Crippen LogP contribution >= 0.6 is 11.8 Å². The number of H-pyrrole nitrogens is 1. The molecule has 0 unspecified atom stereocenters. The molecule has 4 aromatic rings. The minimum absolute atomic E-state index is 0.183. The highest BCUT2D eigenvalue weighted by molar-refractivity contribution is 7.98. The van der Waals surface area contributed by atoms with Gasteiger partial charge in [0, 0.05) is 34.0 Å². The van der Waals surface area contributed by atoms with Crippen molar-refractivity contribution in [2.45, 2.75) is 24.8 Å². The molecule has 30 heavy (non-hydrogen) atoms. The summed E-state index contributed by atoms with van der Waals surface area (Å²) in [5.74, 6) is 0.879. The molecule has 0 spiro atoms. The lowest BCUT2D eigenvalue weighted by atomic mass is 10.1. The molecule has 2 aromatic heterocycles. The van der Waals surface area contributed by atoms with Crippen LogP contribution in [0.4, 0.5) is 5.69 Å². The molecule has 0 radical (unpaired) electrons. The Balaban J connectivity index is 1.50. The first kappa shape index (κ1) is 19.7. The van der Waals surface area contributed by atoms with E-state index >= 15 is 0 Å². The van der Waals surface area contributed by atoms with Crippen LogP contribution in [0.15, 0.2) is 59.8 Å². The number of rotatable bonds is 6. The van der Waals surface area contributed by atoms with Gasteiger partial charge in [0.15, 0.2) is 5.16 Å². The topological polar surface area (TPSA) is 109 Å². The molecule has 8 nitrogen and oxygen atoms in total. The van der Waals surface area contributed by atoms with E-state index in [1.54, 1.807) is 0 Å². The van der Waals surface area contributed by atoms with Crippen molar-refractivity contribution in [2.24, 2.45) is 0 Å². The monoisotopic (exact) mass is 417 g/mol. The third kappa shape index (κ3) is 4.69. The number of aromatic amines is 1. The number of hydrogen-bond acceptors (Lipinski definition) is 7. The molecule has 0 aliphatic heterocycles. The molecule has 1 amide bonds. The van der Waals surface area contributed by atoms with E-state index in [1.165, 1.54) is 11.8 Å². The average molecular weight is 417 g/mol. The first-order chi connectivity index (χ1) is 14.6. The fraction of sp³-hybridized carbons (Fsp3) is 0.143. The molecule has 0 bridgehead atoms. The SMILES string of the molecule is Cc1cc(C)nc(SCc2ccccc2C(=O)Nc2cccc(-c3nn[nH]n3)c2)n1. The highest BCUT2D eigenvalue weighted by atomic mass is 32.2. The zero-order chi connectivity index (χ0) is 20.9. The van der Waals surface area contributed by atoms with E-state index in [9.17, 15) is 4.79 Å².